The average Bonchev–Trinajstić information content (AvgIpc) is 3.29. The summed E-state index contributed by atoms with van der Waals surface area (Å²) in [7, 11) is -4.09. The predicted octanol–water partition coefficient (Wildman–Crippen LogP) is 3.17. The Labute approximate surface area is 223 Å². The van der Waals surface area contributed by atoms with Gasteiger partial charge in [-0.05, 0) is 30.3 Å². The Kier molecular flexibility index (Phi) is 7.30. The van der Waals surface area contributed by atoms with Gasteiger partial charge >= 0.3 is 0 Å². The third-order valence-corrected chi connectivity index (χ3v) is 7.94. The van der Waals surface area contributed by atoms with Gasteiger partial charge in [0.1, 0.15) is 23.6 Å². The molecule has 1 aliphatic heterocycles. The number of ether oxygens (including phenoxy) is 1. The van der Waals surface area contributed by atoms with Crippen LogP contribution in [0.3, 0.4) is 0 Å². The number of hydrogen-bond acceptors (Lipinski definition) is 8. The molecule has 1 aliphatic rings. The number of sulfonamides is 1. The van der Waals surface area contributed by atoms with Crippen LogP contribution in [0.5, 0.6) is 0 Å². The van der Waals surface area contributed by atoms with Gasteiger partial charge in [0.25, 0.3) is 10.0 Å². The van der Waals surface area contributed by atoms with E-state index in [0.717, 1.165) is 37.8 Å². The van der Waals surface area contributed by atoms with Crippen molar-refractivity contribution in [1.29, 1.82) is 0 Å². The molecule has 0 radical (unpaired) electrons. The number of nitrogens with one attached hydrogen (secondary N) is 1. The Morgan fingerprint density at radius 1 is 1.13 bits per heavy atom. The summed E-state index contributed by atoms with van der Waals surface area (Å²) < 4.78 is 48.8. The van der Waals surface area contributed by atoms with Crippen molar-refractivity contribution >= 4 is 49.9 Å². The van der Waals surface area contributed by atoms with Gasteiger partial charge in [0.2, 0.25) is 0 Å². The Hall–Kier alpha value is -3.58. The first-order chi connectivity index (χ1) is 18.2. The third kappa shape index (κ3) is 5.34. The van der Waals surface area contributed by atoms with Crippen molar-refractivity contribution in [3.8, 4) is 0 Å². The number of aromatic nitrogens is 3. The quantitative estimate of drug-likeness (QED) is 0.315. The molecule has 38 heavy (non-hydrogen) atoms. The smallest absolute Gasteiger partial charge is 0.261 e. The van der Waals surface area contributed by atoms with Crippen LogP contribution in [0.2, 0.25) is 5.02 Å². The molecule has 5 rings (SSSR count). The number of halogens is 2. The van der Waals surface area contributed by atoms with Crippen molar-refractivity contribution in [3.63, 3.8) is 0 Å². The molecular weight excluding hydrogens is 535 g/mol. The van der Waals surface area contributed by atoms with Crippen LogP contribution < -0.4 is 10.5 Å². The zero-order valence-corrected chi connectivity index (χ0v) is 21.7. The summed E-state index contributed by atoms with van der Waals surface area (Å²) in [4.78, 5) is 24.1. The number of nitrogens with two attached hydrogens (primary N) is 1. The molecule has 0 amide bonds. The van der Waals surface area contributed by atoms with Gasteiger partial charge in [0.15, 0.2) is 5.78 Å². The molecule has 3 N–H and O–H groups in total. The Morgan fingerprint density at radius 3 is 2.68 bits per heavy atom. The lowest BCUT2D eigenvalue weighted by Crippen LogP contribution is -2.38. The molecule has 0 bridgehead atoms. The number of nitrogen functional groups attached to an aromatic ring is 1. The van der Waals surface area contributed by atoms with E-state index in [-0.39, 0.29) is 32.8 Å². The second-order valence-corrected chi connectivity index (χ2v) is 10.8. The number of carbonyl (C=O) groups excluding carboxylic acids is 1. The summed E-state index contributed by atoms with van der Waals surface area (Å²) in [5.41, 5.74) is 7.39. The van der Waals surface area contributed by atoms with Crippen molar-refractivity contribution in [3.05, 3.63) is 77.0 Å². The first-order valence-corrected chi connectivity index (χ1v) is 13.6. The van der Waals surface area contributed by atoms with Gasteiger partial charge in [0.05, 0.1) is 34.1 Å². The first-order valence-electron chi connectivity index (χ1n) is 11.7. The molecular formula is C25H24ClFN6O4S. The Balaban J connectivity index is 1.43. The normalized spacial score (nSPS) is 14.6. The first kappa shape index (κ1) is 26.0. The second-order valence-electron chi connectivity index (χ2n) is 8.74. The number of anilines is 2. The third-order valence-electron chi connectivity index (χ3n) is 6.27. The van der Waals surface area contributed by atoms with Crippen LogP contribution in [0.1, 0.15) is 15.9 Å². The van der Waals surface area contributed by atoms with E-state index in [9.17, 15) is 17.6 Å². The summed E-state index contributed by atoms with van der Waals surface area (Å²) >= 11 is 5.74. The molecule has 198 valence electrons. The van der Waals surface area contributed by atoms with Gasteiger partial charge in [-0.1, -0.05) is 23.7 Å². The molecule has 2 aromatic carbocycles. The zero-order chi connectivity index (χ0) is 26.9. The molecule has 10 nitrogen and oxygen atoms in total. The number of morpholine rings is 1. The van der Waals surface area contributed by atoms with E-state index in [1.165, 1.54) is 18.5 Å². The number of benzene rings is 2. The molecule has 0 saturated carbocycles. The van der Waals surface area contributed by atoms with Crippen LogP contribution >= 0.6 is 11.6 Å². The van der Waals surface area contributed by atoms with Crippen molar-refractivity contribution in [2.75, 3.05) is 43.3 Å². The molecule has 3 heterocycles. The molecule has 2 aromatic heterocycles. The van der Waals surface area contributed by atoms with E-state index in [0.29, 0.717) is 36.4 Å². The number of rotatable bonds is 8. The molecule has 1 saturated heterocycles. The van der Waals surface area contributed by atoms with Crippen molar-refractivity contribution in [1.82, 2.24) is 19.4 Å². The molecule has 0 atom stereocenters. The molecule has 0 spiro atoms. The monoisotopic (exact) mass is 558 g/mol. The lowest BCUT2D eigenvalue weighted by atomic mass is 10.0. The maximum atomic E-state index is 13.6. The number of carbonyl (C=O) groups is 1. The largest absolute Gasteiger partial charge is 0.383 e. The summed E-state index contributed by atoms with van der Waals surface area (Å²) in [6.07, 6.45) is 3.06. The maximum Gasteiger partial charge on any atom is 0.261 e. The second kappa shape index (κ2) is 10.7. The highest BCUT2D eigenvalue weighted by Crippen LogP contribution is 2.28. The summed E-state index contributed by atoms with van der Waals surface area (Å²) in [5.74, 6) is -0.924. The number of nitrogens with zero attached hydrogens (tertiary/aromatic N) is 4. The lowest BCUT2D eigenvalue weighted by Gasteiger charge is -2.26. The SMILES string of the molecule is Nc1ncnc2c1c(C(=O)c1cccc(NS(=O)(=O)c3ccc(F)c(Cl)c3)c1)cn2CCN1CCOCC1. The Bertz CT molecular complexity index is 1620. The van der Waals surface area contributed by atoms with E-state index >= 15 is 0 Å². The minimum atomic E-state index is -4.09. The van der Waals surface area contributed by atoms with Crippen LogP contribution in [-0.4, -0.2) is 66.5 Å². The fourth-order valence-electron chi connectivity index (χ4n) is 4.30. The van der Waals surface area contributed by atoms with E-state index in [1.54, 1.807) is 18.3 Å². The maximum absolute atomic E-state index is 13.6. The van der Waals surface area contributed by atoms with E-state index in [4.69, 9.17) is 22.1 Å². The van der Waals surface area contributed by atoms with Gasteiger partial charge in [-0.15, -0.1) is 0 Å². The van der Waals surface area contributed by atoms with Gasteiger partial charge in [-0.25, -0.2) is 22.8 Å². The van der Waals surface area contributed by atoms with Gasteiger partial charge < -0.3 is 15.0 Å². The minimum absolute atomic E-state index is 0.150. The van der Waals surface area contributed by atoms with Crippen molar-refractivity contribution in [2.24, 2.45) is 0 Å². The molecule has 0 aliphatic carbocycles. The molecule has 13 heteroatoms. The lowest BCUT2D eigenvalue weighted by molar-refractivity contribution is 0.0365. The number of fused-ring (bicyclic) bond motifs is 1. The van der Waals surface area contributed by atoms with Crippen molar-refractivity contribution in [2.45, 2.75) is 11.4 Å². The van der Waals surface area contributed by atoms with Crippen LogP contribution in [0.15, 0.2) is 59.9 Å². The number of hydrogen-bond donors (Lipinski definition) is 2. The predicted molar refractivity (Wildman–Crippen MR) is 141 cm³/mol. The summed E-state index contributed by atoms with van der Waals surface area (Å²) in [6.45, 7) is 4.35. The fraction of sp³-hybridized carbons (Fsp3) is 0.240. The van der Waals surface area contributed by atoms with E-state index < -0.39 is 15.8 Å². The molecule has 4 aromatic rings. The molecule has 0 unspecified atom stereocenters. The summed E-state index contributed by atoms with van der Waals surface area (Å²) in [6, 6.07) is 9.14. The van der Waals surface area contributed by atoms with Gasteiger partial charge in [0, 0.05) is 43.6 Å². The van der Waals surface area contributed by atoms with Crippen LogP contribution in [0.4, 0.5) is 15.9 Å². The Morgan fingerprint density at radius 2 is 1.92 bits per heavy atom. The highest BCUT2D eigenvalue weighted by molar-refractivity contribution is 7.92. The number of ketones is 1. The van der Waals surface area contributed by atoms with Crippen molar-refractivity contribution < 1.29 is 22.3 Å². The van der Waals surface area contributed by atoms with Crippen LogP contribution in [-0.2, 0) is 21.3 Å². The van der Waals surface area contributed by atoms with E-state index in [1.807, 2.05) is 4.57 Å². The van der Waals surface area contributed by atoms with Gasteiger partial charge in [-0.2, -0.15) is 0 Å². The van der Waals surface area contributed by atoms with Crippen LogP contribution in [0, 0.1) is 5.82 Å². The summed E-state index contributed by atoms with van der Waals surface area (Å²) in [5, 5.41) is 0.119. The standard InChI is InChI=1S/C25H24ClFN6O4S/c26-20-13-18(4-5-21(20)27)38(35,36)31-17-3-1-2-16(12-17)23(34)19-14-33(7-6-32-8-10-37-11-9-32)25-22(19)24(28)29-15-30-25/h1-5,12-15,31H,6-11H2,(H2,28,29,30). The molecule has 1 fully saturated rings. The average molecular weight is 559 g/mol. The highest BCUT2D eigenvalue weighted by atomic mass is 35.5. The topological polar surface area (TPSA) is 132 Å². The van der Waals surface area contributed by atoms with Gasteiger partial charge in [-0.3, -0.25) is 14.4 Å². The fourth-order valence-corrected chi connectivity index (χ4v) is 5.62. The van der Waals surface area contributed by atoms with Crippen LogP contribution in [0.25, 0.3) is 11.0 Å². The minimum Gasteiger partial charge on any atom is -0.383 e. The van der Waals surface area contributed by atoms with E-state index in [2.05, 4.69) is 19.6 Å². The highest BCUT2D eigenvalue weighted by Gasteiger charge is 2.22. The zero-order valence-electron chi connectivity index (χ0n) is 20.1.